The molecule has 1 atom stereocenters. The monoisotopic (exact) mass is 423 g/mol. The van der Waals surface area contributed by atoms with Gasteiger partial charge in [0, 0.05) is 35.1 Å². The van der Waals surface area contributed by atoms with E-state index in [4.69, 9.17) is 0 Å². The van der Waals surface area contributed by atoms with Crippen LogP contribution in [0.2, 0.25) is 0 Å². The van der Waals surface area contributed by atoms with Gasteiger partial charge in [0.1, 0.15) is 0 Å². The second-order valence-electron chi connectivity index (χ2n) is 7.09. The number of hydrogen-bond donors (Lipinski definition) is 1. The number of amides is 2. The Labute approximate surface area is 165 Å². The van der Waals surface area contributed by atoms with Gasteiger partial charge < -0.3 is 4.98 Å². The molecule has 0 spiro atoms. The van der Waals surface area contributed by atoms with Crippen molar-refractivity contribution >= 4 is 44.3 Å². The van der Waals surface area contributed by atoms with Crippen molar-refractivity contribution in [1.82, 2.24) is 9.88 Å². The summed E-state index contributed by atoms with van der Waals surface area (Å²) in [6.45, 7) is 1.45. The Morgan fingerprint density at radius 2 is 1.85 bits per heavy atom. The predicted octanol–water partition coefficient (Wildman–Crippen LogP) is 3.62. The number of halogens is 1. The smallest absolute Gasteiger partial charge is 0.251 e. The van der Waals surface area contributed by atoms with Crippen LogP contribution in [-0.4, -0.2) is 34.3 Å². The summed E-state index contributed by atoms with van der Waals surface area (Å²) >= 11 is 3.61. The molecule has 136 valence electrons. The second-order valence-corrected chi connectivity index (χ2v) is 7.94. The van der Waals surface area contributed by atoms with Crippen LogP contribution < -0.4 is 4.90 Å². The van der Waals surface area contributed by atoms with E-state index in [1.165, 1.54) is 21.5 Å². The van der Waals surface area contributed by atoms with E-state index in [9.17, 15) is 9.59 Å². The number of nitrogens with one attached hydrogen (secondary N) is 1. The van der Waals surface area contributed by atoms with Gasteiger partial charge in [0.2, 0.25) is 5.91 Å². The third-order valence-electron chi connectivity index (χ3n) is 5.57. The van der Waals surface area contributed by atoms with E-state index in [1.54, 1.807) is 0 Å². The lowest BCUT2D eigenvalue weighted by molar-refractivity contribution is -0.123. The van der Waals surface area contributed by atoms with Gasteiger partial charge in [0.25, 0.3) is 5.91 Å². The first-order chi connectivity index (χ1) is 13.1. The molecule has 27 heavy (non-hydrogen) atoms. The van der Waals surface area contributed by atoms with Crippen molar-refractivity contribution in [1.29, 1.82) is 0 Å². The number of benzene rings is 2. The number of para-hydroxylation sites is 2. The highest BCUT2D eigenvalue weighted by Gasteiger charge is 2.43. The molecule has 0 unspecified atom stereocenters. The molecular formula is C21H18BrN3O2. The van der Waals surface area contributed by atoms with Gasteiger partial charge in [0.15, 0.2) is 0 Å². The SMILES string of the molecule is O=C1C[C@@H](N2CCc3[nH]c4c(Br)cccc4c3C2)C(=O)N1c1ccccc1. The minimum absolute atomic E-state index is 0.115. The number of anilines is 1. The van der Waals surface area contributed by atoms with Crippen molar-refractivity contribution in [3.05, 3.63) is 64.3 Å². The van der Waals surface area contributed by atoms with Gasteiger partial charge in [0.05, 0.1) is 23.7 Å². The molecule has 5 rings (SSSR count). The number of aromatic amines is 1. The highest BCUT2D eigenvalue weighted by molar-refractivity contribution is 9.10. The Morgan fingerprint density at radius 3 is 2.67 bits per heavy atom. The molecule has 3 aromatic rings. The van der Waals surface area contributed by atoms with Crippen molar-refractivity contribution in [2.24, 2.45) is 0 Å². The Bertz CT molecular complexity index is 1060. The van der Waals surface area contributed by atoms with Gasteiger partial charge in [-0.25, -0.2) is 4.90 Å². The van der Waals surface area contributed by atoms with Crippen LogP contribution in [0.3, 0.4) is 0 Å². The van der Waals surface area contributed by atoms with Gasteiger partial charge in [-0.2, -0.15) is 0 Å². The minimum atomic E-state index is -0.386. The topological polar surface area (TPSA) is 56.4 Å². The summed E-state index contributed by atoms with van der Waals surface area (Å²) in [6, 6.07) is 15.0. The number of fused-ring (bicyclic) bond motifs is 3. The molecule has 0 aliphatic carbocycles. The zero-order chi connectivity index (χ0) is 18.5. The van der Waals surface area contributed by atoms with E-state index in [0.29, 0.717) is 12.2 Å². The number of rotatable bonds is 2. The van der Waals surface area contributed by atoms with Gasteiger partial charge in [-0.3, -0.25) is 14.5 Å². The van der Waals surface area contributed by atoms with Gasteiger partial charge >= 0.3 is 0 Å². The molecule has 0 bridgehead atoms. The van der Waals surface area contributed by atoms with E-state index in [1.807, 2.05) is 42.5 Å². The lowest BCUT2D eigenvalue weighted by Gasteiger charge is -2.31. The van der Waals surface area contributed by atoms with E-state index < -0.39 is 0 Å². The summed E-state index contributed by atoms with van der Waals surface area (Å²) in [5.41, 5.74) is 4.22. The third-order valence-corrected chi connectivity index (χ3v) is 6.23. The molecule has 2 aromatic carbocycles. The summed E-state index contributed by atoms with van der Waals surface area (Å²) < 4.78 is 1.04. The predicted molar refractivity (Wildman–Crippen MR) is 107 cm³/mol. The maximum atomic E-state index is 13.0. The van der Waals surface area contributed by atoms with E-state index in [0.717, 1.165) is 23.0 Å². The number of H-pyrrole nitrogens is 1. The fourth-order valence-corrected chi connectivity index (χ4v) is 4.70. The zero-order valence-electron chi connectivity index (χ0n) is 14.6. The summed E-state index contributed by atoms with van der Waals surface area (Å²) in [4.78, 5) is 32.6. The average molecular weight is 424 g/mol. The van der Waals surface area contributed by atoms with Gasteiger partial charge in [-0.1, -0.05) is 30.3 Å². The van der Waals surface area contributed by atoms with Crippen LogP contribution in [-0.2, 0) is 22.6 Å². The highest BCUT2D eigenvalue weighted by Crippen LogP contribution is 2.34. The maximum absolute atomic E-state index is 13.0. The van der Waals surface area contributed by atoms with Crippen LogP contribution in [0.4, 0.5) is 5.69 Å². The van der Waals surface area contributed by atoms with Crippen LogP contribution in [0.5, 0.6) is 0 Å². The summed E-state index contributed by atoms with van der Waals surface area (Å²) in [5, 5.41) is 1.18. The largest absolute Gasteiger partial charge is 0.357 e. The Kier molecular flexibility index (Phi) is 3.91. The van der Waals surface area contributed by atoms with Crippen LogP contribution in [0, 0.1) is 0 Å². The molecule has 2 aliphatic heterocycles. The number of aromatic nitrogens is 1. The highest BCUT2D eigenvalue weighted by atomic mass is 79.9. The summed E-state index contributed by atoms with van der Waals surface area (Å²) in [5.74, 6) is -0.237. The van der Waals surface area contributed by atoms with Crippen LogP contribution in [0.1, 0.15) is 17.7 Å². The average Bonchev–Trinajstić information content (AvgIpc) is 3.20. The van der Waals surface area contributed by atoms with E-state index in [2.05, 4.69) is 31.9 Å². The van der Waals surface area contributed by atoms with Crippen molar-refractivity contribution in [3.63, 3.8) is 0 Å². The van der Waals surface area contributed by atoms with E-state index in [-0.39, 0.29) is 24.3 Å². The second kappa shape index (κ2) is 6.32. The Balaban J connectivity index is 1.45. The normalized spacial score (nSPS) is 20.5. The fraction of sp³-hybridized carbons (Fsp3) is 0.238. The van der Waals surface area contributed by atoms with E-state index >= 15 is 0 Å². The van der Waals surface area contributed by atoms with Crippen molar-refractivity contribution < 1.29 is 9.59 Å². The molecule has 2 aliphatic rings. The number of carbonyl (C=O) groups is 2. The fourth-order valence-electron chi connectivity index (χ4n) is 4.24. The van der Waals surface area contributed by atoms with Crippen molar-refractivity contribution in [3.8, 4) is 0 Å². The quantitative estimate of drug-likeness (QED) is 0.640. The molecule has 1 N–H and O–H groups in total. The molecule has 6 heteroatoms. The third kappa shape index (κ3) is 2.63. The first-order valence-electron chi connectivity index (χ1n) is 9.07. The number of nitrogens with zero attached hydrogens (tertiary/aromatic N) is 2. The Hall–Kier alpha value is -2.44. The molecule has 2 amide bonds. The van der Waals surface area contributed by atoms with Crippen LogP contribution in [0.25, 0.3) is 10.9 Å². The molecular weight excluding hydrogens is 406 g/mol. The molecule has 1 aromatic heterocycles. The first-order valence-corrected chi connectivity index (χ1v) is 9.86. The number of carbonyl (C=O) groups excluding carboxylic acids is 2. The van der Waals surface area contributed by atoms with Gasteiger partial charge in [-0.15, -0.1) is 0 Å². The maximum Gasteiger partial charge on any atom is 0.251 e. The summed E-state index contributed by atoms with van der Waals surface area (Å²) in [6.07, 6.45) is 1.09. The number of hydrogen-bond acceptors (Lipinski definition) is 3. The molecule has 3 heterocycles. The Morgan fingerprint density at radius 1 is 1.04 bits per heavy atom. The first kappa shape index (κ1) is 16.7. The summed E-state index contributed by atoms with van der Waals surface area (Å²) in [7, 11) is 0. The minimum Gasteiger partial charge on any atom is -0.357 e. The van der Waals surface area contributed by atoms with Crippen molar-refractivity contribution in [2.45, 2.75) is 25.4 Å². The molecule has 0 saturated carbocycles. The lowest BCUT2D eigenvalue weighted by atomic mass is 10.0. The van der Waals surface area contributed by atoms with Crippen LogP contribution >= 0.6 is 15.9 Å². The standard InChI is InChI=1S/C21H18BrN3O2/c22-16-8-4-7-14-15-12-24(10-9-17(15)23-20(14)16)18-11-19(26)25(21(18)27)13-5-2-1-3-6-13/h1-8,18,23H,9-12H2/t18-/m1/s1. The van der Waals surface area contributed by atoms with Crippen molar-refractivity contribution in [2.75, 3.05) is 11.4 Å². The lowest BCUT2D eigenvalue weighted by Crippen LogP contribution is -2.44. The van der Waals surface area contributed by atoms with Gasteiger partial charge in [-0.05, 0) is 39.7 Å². The molecule has 1 saturated heterocycles. The molecule has 1 fully saturated rings. The van der Waals surface area contributed by atoms with Crippen LogP contribution in [0.15, 0.2) is 53.0 Å². The zero-order valence-corrected chi connectivity index (χ0v) is 16.2. The molecule has 5 nitrogen and oxygen atoms in total. The molecule has 0 radical (unpaired) electrons. The number of imide groups is 1.